The molecule has 1 atom stereocenters. The van der Waals surface area contributed by atoms with Crippen LogP contribution >= 0.6 is 0 Å². The Hall–Kier alpha value is -1.11. The molecule has 2 rings (SSSR count). The first-order valence-corrected chi connectivity index (χ1v) is 8.81. The van der Waals surface area contributed by atoms with E-state index in [1.165, 1.54) is 4.31 Å². The first-order chi connectivity index (χ1) is 9.87. The van der Waals surface area contributed by atoms with Crippen molar-refractivity contribution in [3.8, 4) is 0 Å². The van der Waals surface area contributed by atoms with Gasteiger partial charge in [0.15, 0.2) is 0 Å². The molecule has 0 aliphatic carbocycles. The van der Waals surface area contributed by atoms with Gasteiger partial charge in [-0.3, -0.25) is 0 Å². The number of aliphatic hydroxyl groups is 1. The lowest BCUT2D eigenvalue weighted by molar-refractivity contribution is 0.186. The molecule has 1 unspecified atom stereocenters. The molecule has 5 nitrogen and oxygen atoms in total. The summed E-state index contributed by atoms with van der Waals surface area (Å²) in [5.41, 5.74) is 7.67. The maximum Gasteiger partial charge on any atom is 0.243 e. The van der Waals surface area contributed by atoms with Gasteiger partial charge in [0.1, 0.15) is 0 Å². The molecule has 1 saturated heterocycles. The summed E-state index contributed by atoms with van der Waals surface area (Å²) in [7, 11) is -3.61. The number of hydrogen-bond donors (Lipinski definition) is 2. The zero-order valence-corrected chi connectivity index (χ0v) is 13.5. The number of nitrogens with two attached hydrogens (primary N) is 1. The van der Waals surface area contributed by atoms with Crippen LogP contribution in [0.5, 0.6) is 0 Å². The number of hydrogen-bond acceptors (Lipinski definition) is 4. The summed E-state index contributed by atoms with van der Waals surface area (Å²) in [5.74, 6) is 0. The van der Waals surface area contributed by atoms with Gasteiger partial charge in [0.2, 0.25) is 10.0 Å². The van der Waals surface area contributed by atoms with Crippen LogP contribution in [0.15, 0.2) is 17.0 Å². The smallest absolute Gasteiger partial charge is 0.243 e. The van der Waals surface area contributed by atoms with E-state index in [4.69, 9.17) is 5.73 Å². The number of nitrogen functional groups attached to an aromatic ring is 1. The van der Waals surface area contributed by atoms with Crippen LogP contribution in [0.1, 0.15) is 36.8 Å². The topological polar surface area (TPSA) is 83.6 Å². The minimum atomic E-state index is -3.61. The third-order valence-electron chi connectivity index (χ3n) is 4.08. The first kappa shape index (κ1) is 16.3. The van der Waals surface area contributed by atoms with Gasteiger partial charge < -0.3 is 10.8 Å². The van der Waals surface area contributed by atoms with Crippen molar-refractivity contribution in [1.82, 2.24) is 4.31 Å². The van der Waals surface area contributed by atoms with E-state index in [1.54, 1.807) is 26.0 Å². The number of benzene rings is 1. The molecule has 0 spiro atoms. The van der Waals surface area contributed by atoms with Crippen LogP contribution in [0.25, 0.3) is 0 Å². The Kier molecular flexibility index (Phi) is 4.91. The highest BCUT2D eigenvalue weighted by molar-refractivity contribution is 7.89. The second kappa shape index (κ2) is 6.34. The van der Waals surface area contributed by atoms with Crippen molar-refractivity contribution in [2.24, 2.45) is 0 Å². The molecule has 0 saturated carbocycles. The number of aliphatic hydroxyl groups excluding tert-OH is 1. The van der Waals surface area contributed by atoms with E-state index in [1.807, 2.05) is 0 Å². The van der Waals surface area contributed by atoms with Gasteiger partial charge in [0.25, 0.3) is 0 Å². The number of anilines is 1. The quantitative estimate of drug-likeness (QED) is 0.834. The Labute approximate surface area is 126 Å². The molecule has 1 aliphatic rings. The summed E-state index contributed by atoms with van der Waals surface area (Å²) >= 11 is 0. The van der Waals surface area contributed by atoms with Gasteiger partial charge >= 0.3 is 0 Å². The lowest BCUT2D eigenvalue weighted by Crippen LogP contribution is -2.42. The average Bonchev–Trinajstić information content (AvgIpc) is 2.62. The monoisotopic (exact) mass is 312 g/mol. The second-order valence-electron chi connectivity index (χ2n) is 5.79. The molecule has 3 N–H and O–H groups in total. The van der Waals surface area contributed by atoms with E-state index in [9.17, 15) is 13.5 Å². The van der Waals surface area contributed by atoms with E-state index in [2.05, 4.69) is 0 Å². The number of rotatable bonds is 3. The predicted octanol–water partition coefficient (Wildman–Crippen LogP) is 1.81. The van der Waals surface area contributed by atoms with Crippen LogP contribution in [-0.4, -0.2) is 37.0 Å². The molecule has 0 aromatic heterocycles. The van der Waals surface area contributed by atoms with Gasteiger partial charge in [-0.25, -0.2) is 8.42 Å². The van der Waals surface area contributed by atoms with Crippen molar-refractivity contribution in [1.29, 1.82) is 0 Å². The SMILES string of the molecule is Cc1cc(N)cc(C)c1S(=O)(=O)N1CCCCCC1CO. The van der Waals surface area contributed by atoms with Gasteiger partial charge in [-0.05, 0) is 49.9 Å². The molecule has 1 aliphatic heterocycles. The highest BCUT2D eigenvalue weighted by Gasteiger charge is 2.33. The summed E-state index contributed by atoms with van der Waals surface area (Å²) in [4.78, 5) is 0.331. The van der Waals surface area contributed by atoms with Gasteiger partial charge in [-0.15, -0.1) is 0 Å². The van der Waals surface area contributed by atoms with Gasteiger partial charge in [0, 0.05) is 18.3 Å². The van der Waals surface area contributed by atoms with E-state index in [0.29, 0.717) is 34.7 Å². The van der Waals surface area contributed by atoms with Crippen molar-refractivity contribution in [3.05, 3.63) is 23.3 Å². The highest BCUT2D eigenvalue weighted by Crippen LogP contribution is 2.30. The zero-order valence-electron chi connectivity index (χ0n) is 12.7. The van der Waals surface area contributed by atoms with E-state index in [-0.39, 0.29) is 12.6 Å². The largest absolute Gasteiger partial charge is 0.399 e. The standard InChI is InChI=1S/C15H24N2O3S/c1-11-8-13(16)9-12(2)15(11)21(19,20)17-7-5-3-4-6-14(17)10-18/h8-9,14,18H,3-7,10,16H2,1-2H3. The Balaban J connectivity index is 2.50. The number of nitrogens with zero attached hydrogens (tertiary/aromatic N) is 1. The lowest BCUT2D eigenvalue weighted by Gasteiger charge is -2.29. The van der Waals surface area contributed by atoms with Crippen molar-refractivity contribution in [2.45, 2.75) is 50.5 Å². The van der Waals surface area contributed by atoms with Crippen molar-refractivity contribution >= 4 is 15.7 Å². The molecule has 6 heteroatoms. The molecule has 0 bridgehead atoms. The highest BCUT2D eigenvalue weighted by atomic mass is 32.2. The van der Waals surface area contributed by atoms with Crippen LogP contribution in [0.3, 0.4) is 0 Å². The number of aryl methyl sites for hydroxylation is 2. The Morgan fingerprint density at radius 3 is 2.43 bits per heavy atom. The zero-order chi connectivity index (χ0) is 15.6. The van der Waals surface area contributed by atoms with Crippen LogP contribution in [0, 0.1) is 13.8 Å². The maximum atomic E-state index is 13.0. The molecule has 1 fully saturated rings. The summed E-state index contributed by atoms with van der Waals surface area (Å²) in [6, 6.07) is 3.05. The van der Waals surface area contributed by atoms with E-state index in [0.717, 1.165) is 19.3 Å². The fourth-order valence-electron chi connectivity index (χ4n) is 3.16. The van der Waals surface area contributed by atoms with Crippen LogP contribution in [0.4, 0.5) is 5.69 Å². The lowest BCUT2D eigenvalue weighted by atomic mass is 10.1. The van der Waals surface area contributed by atoms with Crippen LogP contribution < -0.4 is 5.73 Å². The fraction of sp³-hybridized carbons (Fsp3) is 0.600. The maximum absolute atomic E-state index is 13.0. The minimum Gasteiger partial charge on any atom is -0.399 e. The fourth-order valence-corrected chi connectivity index (χ4v) is 5.26. The second-order valence-corrected chi connectivity index (χ2v) is 7.61. The van der Waals surface area contributed by atoms with Crippen molar-refractivity contribution in [2.75, 3.05) is 18.9 Å². The van der Waals surface area contributed by atoms with Crippen LogP contribution in [0.2, 0.25) is 0 Å². The van der Waals surface area contributed by atoms with Crippen molar-refractivity contribution in [3.63, 3.8) is 0 Å². The third kappa shape index (κ3) is 3.22. The molecule has 0 amide bonds. The number of sulfonamides is 1. The molecule has 1 aromatic carbocycles. The summed E-state index contributed by atoms with van der Waals surface area (Å²) in [6.07, 6.45) is 3.50. The molecule has 0 radical (unpaired) electrons. The summed E-state index contributed by atoms with van der Waals surface area (Å²) in [6.45, 7) is 3.87. The predicted molar refractivity (Wildman–Crippen MR) is 83.6 cm³/mol. The average molecular weight is 312 g/mol. The molecule has 1 aromatic rings. The first-order valence-electron chi connectivity index (χ1n) is 7.37. The van der Waals surface area contributed by atoms with Crippen molar-refractivity contribution < 1.29 is 13.5 Å². The van der Waals surface area contributed by atoms with Crippen LogP contribution in [-0.2, 0) is 10.0 Å². The normalized spacial score (nSPS) is 21.2. The third-order valence-corrected chi connectivity index (χ3v) is 6.34. The molecule has 118 valence electrons. The Morgan fingerprint density at radius 2 is 1.86 bits per heavy atom. The van der Waals surface area contributed by atoms with E-state index < -0.39 is 10.0 Å². The van der Waals surface area contributed by atoms with E-state index >= 15 is 0 Å². The summed E-state index contributed by atoms with van der Waals surface area (Å²) < 4.78 is 27.6. The van der Waals surface area contributed by atoms with Gasteiger partial charge in [0.05, 0.1) is 11.5 Å². The van der Waals surface area contributed by atoms with Gasteiger partial charge in [-0.2, -0.15) is 4.31 Å². The molecule has 1 heterocycles. The molecule has 21 heavy (non-hydrogen) atoms. The Bertz CT molecular complexity index is 590. The minimum absolute atomic E-state index is 0.133. The summed E-state index contributed by atoms with van der Waals surface area (Å²) in [5, 5.41) is 9.55. The van der Waals surface area contributed by atoms with Gasteiger partial charge in [-0.1, -0.05) is 12.8 Å². The molecular formula is C15H24N2O3S. The Morgan fingerprint density at radius 1 is 1.24 bits per heavy atom. The molecular weight excluding hydrogens is 288 g/mol.